The molecule has 2 aliphatic rings. The second-order valence-electron chi connectivity index (χ2n) is 8.12. The van der Waals surface area contributed by atoms with Gasteiger partial charge in [-0.1, -0.05) is 24.9 Å². The Bertz CT molecular complexity index is 707. The van der Waals surface area contributed by atoms with Gasteiger partial charge >= 0.3 is 0 Å². The van der Waals surface area contributed by atoms with Crippen LogP contribution < -0.4 is 9.47 Å². The van der Waals surface area contributed by atoms with Crippen LogP contribution in [-0.2, 0) is 4.74 Å². The van der Waals surface area contributed by atoms with Crippen molar-refractivity contribution in [1.29, 1.82) is 0 Å². The van der Waals surface area contributed by atoms with Crippen LogP contribution >= 0.6 is 11.6 Å². The Morgan fingerprint density at radius 2 is 1.97 bits per heavy atom. The molecule has 2 heterocycles. The predicted molar refractivity (Wildman–Crippen MR) is 119 cm³/mol. The van der Waals surface area contributed by atoms with Crippen LogP contribution in [0.1, 0.15) is 56.8 Å². The van der Waals surface area contributed by atoms with Crippen molar-refractivity contribution in [2.24, 2.45) is 0 Å². The summed E-state index contributed by atoms with van der Waals surface area (Å²) in [6.45, 7) is 11.5. The molecule has 1 atom stereocenters. The number of benzene rings is 1. The Labute approximate surface area is 185 Å². The Balaban J connectivity index is 1.64. The molecule has 0 N–H and O–H groups in total. The van der Waals surface area contributed by atoms with Crippen LogP contribution in [0.4, 0.5) is 0 Å². The molecule has 2 fully saturated rings. The highest BCUT2D eigenvalue weighted by Crippen LogP contribution is 2.37. The van der Waals surface area contributed by atoms with Gasteiger partial charge in [-0.25, -0.2) is 0 Å². The molecule has 2 saturated heterocycles. The van der Waals surface area contributed by atoms with Gasteiger partial charge in [0.15, 0.2) is 11.5 Å². The number of piperidine rings is 1. The Hall–Kier alpha value is -1.50. The van der Waals surface area contributed by atoms with Crippen molar-refractivity contribution in [2.45, 2.75) is 58.6 Å². The molecule has 30 heavy (non-hydrogen) atoms. The fourth-order valence-electron chi connectivity index (χ4n) is 4.21. The number of rotatable bonds is 8. The molecule has 1 aromatic rings. The van der Waals surface area contributed by atoms with Crippen LogP contribution in [-0.4, -0.2) is 73.9 Å². The van der Waals surface area contributed by atoms with Gasteiger partial charge in [-0.2, -0.15) is 0 Å². The second kappa shape index (κ2) is 11.2. The number of hydrogen-bond acceptors (Lipinski definition) is 5. The van der Waals surface area contributed by atoms with Crippen LogP contribution in [0.5, 0.6) is 11.5 Å². The first-order valence-corrected chi connectivity index (χ1v) is 11.6. The summed E-state index contributed by atoms with van der Waals surface area (Å²) < 4.78 is 17.2. The number of halogens is 1. The van der Waals surface area contributed by atoms with E-state index in [1.165, 1.54) is 0 Å². The summed E-state index contributed by atoms with van der Waals surface area (Å²) in [4.78, 5) is 17.6. The second-order valence-corrected chi connectivity index (χ2v) is 8.53. The van der Waals surface area contributed by atoms with Crippen LogP contribution in [0, 0.1) is 0 Å². The lowest BCUT2D eigenvalue weighted by molar-refractivity contribution is -0.0423. The van der Waals surface area contributed by atoms with E-state index in [9.17, 15) is 4.79 Å². The number of likely N-dealkylation sites (tertiary alicyclic amines) is 1. The minimum absolute atomic E-state index is 0.00626. The molecule has 7 heteroatoms. The minimum Gasteiger partial charge on any atom is -0.490 e. The summed E-state index contributed by atoms with van der Waals surface area (Å²) in [5, 5.41) is 0.428. The molecule has 0 bridgehead atoms. The molecule has 0 aliphatic carbocycles. The molecule has 168 valence electrons. The topological polar surface area (TPSA) is 51.2 Å². The number of hydrogen-bond donors (Lipinski definition) is 0. The van der Waals surface area contributed by atoms with Gasteiger partial charge in [-0.3, -0.25) is 9.69 Å². The summed E-state index contributed by atoms with van der Waals surface area (Å²) in [6.07, 6.45) is 4.25. The minimum atomic E-state index is 0.00626. The highest BCUT2D eigenvalue weighted by atomic mass is 35.5. The third-order valence-corrected chi connectivity index (χ3v) is 6.12. The highest BCUT2D eigenvalue weighted by Gasteiger charge is 2.30. The quantitative estimate of drug-likeness (QED) is 0.568. The maximum Gasteiger partial charge on any atom is 0.254 e. The zero-order chi connectivity index (χ0) is 21.5. The van der Waals surface area contributed by atoms with Gasteiger partial charge in [-0.05, 0) is 45.2 Å². The summed E-state index contributed by atoms with van der Waals surface area (Å²) in [7, 11) is 0. The molecule has 6 nitrogen and oxygen atoms in total. The van der Waals surface area contributed by atoms with Crippen molar-refractivity contribution < 1.29 is 19.0 Å². The SMILES string of the molecule is CCCCOc1c(Cl)cc(C(=O)N2CCC(N3CCOC(C)C3)CC2)cc1OCC. The van der Waals surface area contributed by atoms with Crippen LogP contribution in [0.3, 0.4) is 0 Å². The number of ether oxygens (including phenoxy) is 3. The zero-order valence-electron chi connectivity index (χ0n) is 18.5. The normalized spacial score (nSPS) is 20.9. The maximum absolute atomic E-state index is 13.2. The van der Waals surface area contributed by atoms with Crippen molar-refractivity contribution >= 4 is 17.5 Å². The lowest BCUT2D eigenvalue weighted by Crippen LogP contribution is -2.51. The van der Waals surface area contributed by atoms with E-state index in [1.54, 1.807) is 12.1 Å². The zero-order valence-corrected chi connectivity index (χ0v) is 19.2. The van der Waals surface area contributed by atoms with Gasteiger partial charge in [0, 0.05) is 37.8 Å². The molecule has 1 aromatic carbocycles. The number of morpholine rings is 1. The summed E-state index contributed by atoms with van der Waals surface area (Å²) in [5.74, 6) is 1.08. The third kappa shape index (κ3) is 5.80. The number of carbonyl (C=O) groups excluding carboxylic acids is 1. The molecule has 1 amide bonds. The summed E-state index contributed by atoms with van der Waals surface area (Å²) in [6, 6.07) is 4.01. The molecule has 0 aromatic heterocycles. The molecule has 0 radical (unpaired) electrons. The van der Waals surface area contributed by atoms with Crippen LogP contribution in [0.25, 0.3) is 0 Å². The average molecular weight is 439 g/mol. The Morgan fingerprint density at radius 1 is 1.20 bits per heavy atom. The van der Waals surface area contributed by atoms with E-state index in [-0.39, 0.29) is 12.0 Å². The van der Waals surface area contributed by atoms with Gasteiger partial charge < -0.3 is 19.1 Å². The lowest BCUT2D eigenvalue weighted by atomic mass is 10.0. The highest BCUT2D eigenvalue weighted by molar-refractivity contribution is 6.32. The van der Waals surface area contributed by atoms with Gasteiger partial charge in [0.1, 0.15) is 0 Å². The number of nitrogens with zero attached hydrogens (tertiary/aromatic N) is 2. The molecular weight excluding hydrogens is 404 g/mol. The molecule has 0 saturated carbocycles. The van der Waals surface area contributed by atoms with Gasteiger partial charge in [-0.15, -0.1) is 0 Å². The lowest BCUT2D eigenvalue weighted by Gasteiger charge is -2.41. The molecular formula is C23H35ClN2O4. The Kier molecular flexibility index (Phi) is 8.66. The van der Waals surface area contributed by atoms with Gasteiger partial charge in [0.25, 0.3) is 5.91 Å². The number of amides is 1. The largest absolute Gasteiger partial charge is 0.490 e. The fourth-order valence-corrected chi connectivity index (χ4v) is 4.47. The summed E-state index contributed by atoms with van der Waals surface area (Å²) in [5.41, 5.74) is 0.560. The third-order valence-electron chi connectivity index (χ3n) is 5.84. The fraction of sp³-hybridized carbons (Fsp3) is 0.696. The summed E-state index contributed by atoms with van der Waals surface area (Å²) >= 11 is 6.48. The van der Waals surface area contributed by atoms with Gasteiger partial charge in [0.2, 0.25) is 0 Å². The molecule has 1 unspecified atom stereocenters. The van der Waals surface area contributed by atoms with Crippen molar-refractivity contribution in [3.8, 4) is 11.5 Å². The first kappa shape index (κ1) is 23.2. The van der Waals surface area contributed by atoms with E-state index < -0.39 is 0 Å². The van der Waals surface area contributed by atoms with Gasteiger partial charge in [0.05, 0.1) is 30.9 Å². The van der Waals surface area contributed by atoms with E-state index in [1.807, 2.05) is 11.8 Å². The van der Waals surface area contributed by atoms with Crippen LogP contribution in [0.15, 0.2) is 12.1 Å². The van der Waals surface area contributed by atoms with E-state index in [0.717, 1.165) is 58.5 Å². The van der Waals surface area contributed by atoms with Crippen molar-refractivity contribution in [2.75, 3.05) is 46.0 Å². The predicted octanol–water partition coefficient (Wildman–Crippen LogP) is 4.24. The average Bonchev–Trinajstić information content (AvgIpc) is 2.75. The van der Waals surface area contributed by atoms with E-state index >= 15 is 0 Å². The Morgan fingerprint density at radius 3 is 2.63 bits per heavy atom. The van der Waals surface area contributed by atoms with Crippen molar-refractivity contribution in [1.82, 2.24) is 9.80 Å². The maximum atomic E-state index is 13.2. The first-order chi connectivity index (χ1) is 14.5. The van der Waals surface area contributed by atoms with Crippen molar-refractivity contribution in [3.05, 3.63) is 22.7 Å². The number of unbranched alkanes of at least 4 members (excludes halogenated alkanes) is 1. The number of carbonyl (C=O) groups is 1. The monoisotopic (exact) mass is 438 g/mol. The molecule has 0 spiro atoms. The molecule has 3 rings (SSSR count). The van der Waals surface area contributed by atoms with E-state index in [4.69, 9.17) is 25.8 Å². The smallest absolute Gasteiger partial charge is 0.254 e. The molecule has 2 aliphatic heterocycles. The van der Waals surface area contributed by atoms with E-state index in [2.05, 4.69) is 18.7 Å². The van der Waals surface area contributed by atoms with Crippen LogP contribution in [0.2, 0.25) is 5.02 Å². The first-order valence-electron chi connectivity index (χ1n) is 11.3. The standard InChI is InChI=1S/C23H35ClN2O4/c1-4-6-12-30-22-20(24)14-18(15-21(22)28-5-2)23(27)25-9-7-19(8-10-25)26-11-13-29-17(3)16-26/h14-15,17,19H,4-13,16H2,1-3H3. The van der Waals surface area contributed by atoms with Crippen molar-refractivity contribution in [3.63, 3.8) is 0 Å². The van der Waals surface area contributed by atoms with E-state index in [0.29, 0.717) is 41.3 Å².